The van der Waals surface area contributed by atoms with Gasteiger partial charge in [-0.2, -0.15) is 0 Å². The third kappa shape index (κ3) is 9.76. The molecule has 0 saturated heterocycles. The van der Waals surface area contributed by atoms with Crippen LogP contribution in [-0.2, 0) is 4.79 Å². The van der Waals surface area contributed by atoms with Crippen LogP contribution in [0.15, 0.2) is 0 Å². The maximum atomic E-state index is 10.1. The van der Waals surface area contributed by atoms with Gasteiger partial charge in [0.2, 0.25) is 0 Å². The SMILES string of the molecule is CCCC(C)CCCCCCCC=O. The van der Waals surface area contributed by atoms with Crippen molar-refractivity contribution in [3.63, 3.8) is 0 Å². The summed E-state index contributed by atoms with van der Waals surface area (Å²) in [5.41, 5.74) is 0. The van der Waals surface area contributed by atoms with Crippen molar-refractivity contribution >= 4 is 6.29 Å². The van der Waals surface area contributed by atoms with Gasteiger partial charge in [0.1, 0.15) is 6.29 Å². The molecule has 0 radical (unpaired) electrons. The zero-order chi connectivity index (χ0) is 10.6. The Kier molecular flexibility index (Phi) is 10.5. The minimum atomic E-state index is 0.756. The predicted octanol–water partition coefficient (Wildman–Crippen LogP) is 4.35. The molecular weight excluding hydrogens is 172 g/mol. The van der Waals surface area contributed by atoms with Gasteiger partial charge in [0, 0.05) is 6.42 Å². The summed E-state index contributed by atoms with van der Waals surface area (Å²) in [4.78, 5) is 10.1. The molecule has 1 unspecified atom stereocenters. The van der Waals surface area contributed by atoms with Gasteiger partial charge in [-0.15, -0.1) is 0 Å². The first kappa shape index (κ1) is 13.7. The molecule has 1 heteroatoms. The first-order chi connectivity index (χ1) is 6.81. The predicted molar refractivity (Wildman–Crippen MR) is 62.5 cm³/mol. The largest absolute Gasteiger partial charge is 0.303 e. The summed E-state index contributed by atoms with van der Waals surface area (Å²) < 4.78 is 0. The Hall–Kier alpha value is -0.330. The summed E-state index contributed by atoms with van der Waals surface area (Å²) in [5, 5.41) is 0. The smallest absolute Gasteiger partial charge is 0.119 e. The van der Waals surface area contributed by atoms with Crippen LogP contribution in [0.1, 0.15) is 71.6 Å². The second kappa shape index (κ2) is 10.7. The molecule has 14 heavy (non-hydrogen) atoms. The highest BCUT2D eigenvalue weighted by molar-refractivity contribution is 5.48. The van der Waals surface area contributed by atoms with Gasteiger partial charge in [-0.1, -0.05) is 58.8 Å². The lowest BCUT2D eigenvalue weighted by atomic mass is 9.98. The molecule has 0 aromatic rings. The molecule has 0 saturated carbocycles. The van der Waals surface area contributed by atoms with Crippen LogP contribution in [0.25, 0.3) is 0 Å². The number of aldehydes is 1. The summed E-state index contributed by atoms with van der Waals surface area (Å²) in [6.07, 6.45) is 12.2. The van der Waals surface area contributed by atoms with E-state index in [2.05, 4.69) is 13.8 Å². The molecule has 0 amide bonds. The van der Waals surface area contributed by atoms with E-state index in [1.807, 2.05) is 0 Å². The summed E-state index contributed by atoms with van der Waals surface area (Å²) in [6, 6.07) is 0. The Morgan fingerprint density at radius 1 is 1.00 bits per heavy atom. The van der Waals surface area contributed by atoms with Crippen molar-refractivity contribution in [2.24, 2.45) is 5.92 Å². The fraction of sp³-hybridized carbons (Fsp3) is 0.923. The van der Waals surface area contributed by atoms with E-state index in [9.17, 15) is 4.79 Å². The number of hydrogen-bond donors (Lipinski definition) is 0. The highest BCUT2D eigenvalue weighted by atomic mass is 16.1. The van der Waals surface area contributed by atoms with E-state index >= 15 is 0 Å². The Morgan fingerprint density at radius 2 is 1.64 bits per heavy atom. The van der Waals surface area contributed by atoms with E-state index in [1.165, 1.54) is 44.9 Å². The lowest BCUT2D eigenvalue weighted by Gasteiger charge is -2.08. The molecule has 0 bridgehead atoms. The van der Waals surface area contributed by atoms with E-state index in [1.54, 1.807) is 0 Å². The van der Waals surface area contributed by atoms with E-state index in [4.69, 9.17) is 0 Å². The monoisotopic (exact) mass is 198 g/mol. The van der Waals surface area contributed by atoms with Crippen LogP contribution in [0, 0.1) is 5.92 Å². The first-order valence-electron chi connectivity index (χ1n) is 6.24. The summed E-state index contributed by atoms with van der Waals surface area (Å²) in [6.45, 7) is 4.62. The van der Waals surface area contributed by atoms with E-state index in [-0.39, 0.29) is 0 Å². The van der Waals surface area contributed by atoms with E-state index < -0.39 is 0 Å². The highest BCUT2D eigenvalue weighted by Gasteiger charge is 1.99. The molecular formula is C13H26O. The molecule has 0 fully saturated rings. The summed E-state index contributed by atoms with van der Waals surface area (Å²) >= 11 is 0. The molecule has 1 atom stereocenters. The van der Waals surface area contributed by atoms with Crippen LogP contribution in [0.5, 0.6) is 0 Å². The average molecular weight is 198 g/mol. The van der Waals surface area contributed by atoms with Crippen molar-refractivity contribution in [2.75, 3.05) is 0 Å². The van der Waals surface area contributed by atoms with Crippen molar-refractivity contribution in [3.05, 3.63) is 0 Å². The summed E-state index contributed by atoms with van der Waals surface area (Å²) in [7, 11) is 0. The fourth-order valence-corrected chi connectivity index (χ4v) is 1.89. The van der Waals surface area contributed by atoms with Crippen LogP contribution in [0.2, 0.25) is 0 Å². The molecule has 0 N–H and O–H groups in total. The first-order valence-corrected chi connectivity index (χ1v) is 6.24. The average Bonchev–Trinajstić information content (AvgIpc) is 2.17. The van der Waals surface area contributed by atoms with Gasteiger partial charge in [0.15, 0.2) is 0 Å². The summed E-state index contributed by atoms with van der Waals surface area (Å²) in [5.74, 6) is 0.912. The quantitative estimate of drug-likeness (QED) is 0.377. The molecule has 0 aliphatic rings. The molecule has 0 heterocycles. The maximum Gasteiger partial charge on any atom is 0.119 e. The zero-order valence-electron chi connectivity index (χ0n) is 9.93. The molecule has 0 rings (SSSR count). The standard InChI is InChI=1S/C13H26O/c1-3-10-13(2)11-8-6-4-5-7-9-12-14/h12-13H,3-11H2,1-2H3. The van der Waals surface area contributed by atoms with Crippen molar-refractivity contribution in [2.45, 2.75) is 71.6 Å². The lowest BCUT2D eigenvalue weighted by Crippen LogP contribution is -1.93. The van der Waals surface area contributed by atoms with Crippen molar-refractivity contribution in [1.29, 1.82) is 0 Å². The van der Waals surface area contributed by atoms with Gasteiger partial charge >= 0.3 is 0 Å². The number of carbonyl (C=O) groups excluding carboxylic acids is 1. The van der Waals surface area contributed by atoms with Gasteiger partial charge in [0.25, 0.3) is 0 Å². The Morgan fingerprint density at radius 3 is 2.29 bits per heavy atom. The van der Waals surface area contributed by atoms with Crippen LogP contribution in [0.4, 0.5) is 0 Å². The zero-order valence-corrected chi connectivity index (χ0v) is 9.93. The van der Waals surface area contributed by atoms with E-state index in [0.29, 0.717) is 0 Å². The van der Waals surface area contributed by atoms with Crippen LogP contribution in [-0.4, -0.2) is 6.29 Å². The molecule has 0 aliphatic carbocycles. The third-order valence-corrected chi connectivity index (χ3v) is 2.80. The van der Waals surface area contributed by atoms with Gasteiger partial charge in [-0.3, -0.25) is 0 Å². The van der Waals surface area contributed by atoms with Crippen molar-refractivity contribution < 1.29 is 4.79 Å². The fourth-order valence-electron chi connectivity index (χ4n) is 1.89. The Balaban J connectivity index is 3.01. The highest BCUT2D eigenvalue weighted by Crippen LogP contribution is 2.15. The van der Waals surface area contributed by atoms with Crippen LogP contribution in [0.3, 0.4) is 0 Å². The van der Waals surface area contributed by atoms with Crippen LogP contribution < -0.4 is 0 Å². The third-order valence-electron chi connectivity index (χ3n) is 2.80. The normalized spacial score (nSPS) is 12.7. The van der Waals surface area contributed by atoms with Gasteiger partial charge in [-0.25, -0.2) is 0 Å². The molecule has 0 aromatic heterocycles. The lowest BCUT2D eigenvalue weighted by molar-refractivity contribution is -0.107. The Bertz CT molecular complexity index is 120. The molecule has 0 spiro atoms. The maximum absolute atomic E-state index is 10.1. The van der Waals surface area contributed by atoms with Crippen molar-refractivity contribution in [3.8, 4) is 0 Å². The minimum Gasteiger partial charge on any atom is -0.303 e. The van der Waals surface area contributed by atoms with Gasteiger partial charge < -0.3 is 4.79 Å². The minimum absolute atomic E-state index is 0.756. The van der Waals surface area contributed by atoms with Gasteiger partial charge in [0.05, 0.1) is 0 Å². The topological polar surface area (TPSA) is 17.1 Å². The molecule has 1 nitrogen and oxygen atoms in total. The number of unbranched alkanes of at least 4 members (excludes halogenated alkanes) is 5. The second-order valence-electron chi connectivity index (χ2n) is 4.41. The van der Waals surface area contributed by atoms with Crippen LogP contribution >= 0.6 is 0 Å². The molecule has 84 valence electrons. The molecule has 0 aliphatic heterocycles. The Labute approximate surface area is 89.3 Å². The van der Waals surface area contributed by atoms with E-state index in [0.717, 1.165) is 25.0 Å². The van der Waals surface area contributed by atoms with Gasteiger partial charge in [-0.05, 0) is 12.3 Å². The second-order valence-corrected chi connectivity index (χ2v) is 4.41. The van der Waals surface area contributed by atoms with Crippen molar-refractivity contribution in [1.82, 2.24) is 0 Å². The molecule has 0 aromatic carbocycles. The number of carbonyl (C=O) groups is 1. The number of hydrogen-bond acceptors (Lipinski definition) is 1. The number of rotatable bonds is 10.